The van der Waals surface area contributed by atoms with Crippen molar-refractivity contribution in [2.45, 2.75) is 6.61 Å². The molecule has 0 aliphatic rings. The molecule has 0 saturated carbocycles. The Labute approximate surface area is 117 Å². The molecule has 2 rings (SSSR count). The molecule has 0 amide bonds. The first kappa shape index (κ1) is 13.3. The molecule has 96 valence electrons. The highest BCUT2D eigenvalue weighted by atomic mass is 35.5. The molecule has 0 radical (unpaired) electrons. The van der Waals surface area contributed by atoms with Gasteiger partial charge in [0.1, 0.15) is 12.4 Å². The number of rotatable bonds is 4. The first-order valence-corrected chi connectivity index (χ1v) is 6.13. The van der Waals surface area contributed by atoms with Gasteiger partial charge in [-0.15, -0.1) is 6.42 Å². The van der Waals surface area contributed by atoms with Crippen LogP contribution in [-0.2, 0) is 6.61 Å². The highest BCUT2D eigenvalue weighted by Crippen LogP contribution is 2.28. The molecule has 19 heavy (non-hydrogen) atoms. The summed E-state index contributed by atoms with van der Waals surface area (Å²) in [4.78, 5) is 0. The number of hydrogen-bond acceptors (Lipinski definition) is 2. The average molecular weight is 273 g/mol. The van der Waals surface area contributed by atoms with Crippen LogP contribution in [0.5, 0.6) is 11.5 Å². The van der Waals surface area contributed by atoms with Crippen molar-refractivity contribution in [1.29, 1.82) is 0 Å². The first-order valence-electron chi connectivity index (χ1n) is 5.75. The van der Waals surface area contributed by atoms with Crippen LogP contribution in [0.25, 0.3) is 0 Å². The van der Waals surface area contributed by atoms with Gasteiger partial charge in [0.15, 0.2) is 5.75 Å². The number of benzene rings is 2. The third kappa shape index (κ3) is 3.21. The lowest BCUT2D eigenvalue weighted by Gasteiger charge is -2.10. The van der Waals surface area contributed by atoms with Gasteiger partial charge in [0.05, 0.1) is 17.7 Å². The minimum Gasteiger partial charge on any atom is -0.497 e. The van der Waals surface area contributed by atoms with Gasteiger partial charge in [-0.3, -0.25) is 0 Å². The van der Waals surface area contributed by atoms with Gasteiger partial charge in [-0.1, -0.05) is 35.7 Å². The first-order chi connectivity index (χ1) is 9.24. The molecule has 3 heteroatoms. The Bertz CT molecular complexity index is 597. The fourth-order valence-electron chi connectivity index (χ4n) is 1.65. The van der Waals surface area contributed by atoms with Crippen molar-refractivity contribution in [3.05, 3.63) is 58.6 Å². The molecule has 0 saturated heterocycles. The van der Waals surface area contributed by atoms with Gasteiger partial charge >= 0.3 is 0 Å². The third-order valence-electron chi connectivity index (χ3n) is 2.66. The van der Waals surface area contributed by atoms with Crippen LogP contribution >= 0.6 is 11.6 Å². The largest absolute Gasteiger partial charge is 0.497 e. The van der Waals surface area contributed by atoms with Crippen LogP contribution in [0, 0.1) is 12.3 Å². The molecule has 0 aromatic heterocycles. The van der Waals surface area contributed by atoms with Crippen LogP contribution < -0.4 is 9.47 Å². The van der Waals surface area contributed by atoms with Gasteiger partial charge < -0.3 is 9.47 Å². The molecule has 0 unspecified atom stereocenters. The SMILES string of the molecule is C#Cc1cccc(Cl)c1OCc1ccc(OC)cc1. The normalized spacial score (nSPS) is 9.74. The molecule has 0 fully saturated rings. The maximum Gasteiger partial charge on any atom is 0.153 e. The minimum atomic E-state index is 0.405. The van der Waals surface area contributed by atoms with Crippen molar-refractivity contribution in [3.8, 4) is 23.8 Å². The van der Waals surface area contributed by atoms with Gasteiger partial charge in [0.2, 0.25) is 0 Å². The molecule has 0 atom stereocenters. The van der Waals surface area contributed by atoms with Crippen LogP contribution in [0.15, 0.2) is 42.5 Å². The van der Waals surface area contributed by atoms with Crippen LogP contribution in [0.1, 0.15) is 11.1 Å². The van der Waals surface area contributed by atoms with Gasteiger partial charge in [0, 0.05) is 0 Å². The molecule has 0 bridgehead atoms. The summed E-state index contributed by atoms with van der Waals surface area (Å²) in [6.45, 7) is 0.405. The summed E-state index contributed by atoms with van der Waals surface area (Å²) in [5.74, 6) is 3.92. The number of hydrogen-bond donors (Lipinski definition) is 0. The van der Waals surface area contributed by atoms with E-state index in [-0.39, 0.29) is 0 Å². The monoisotopic (exact) mass is 272 g/mol. The van der Waals surface area contributed by atoms with Crippen molar-refractivity contribution in [2.24, 2.45) is 0 Å². The van der Waals surface area contributed by atoms with E-state index in [9.17, 15) is 0 Å². The molecule has 0 heterocycles. The van der Waals surface area contributed by atoms with Crippen molar-refractivity contribution < 1.29 is 9.47 Å². The van der Waals surface area contributed by atoms with E-state index in [0.717, 1.165) is 11.3 Å². The summed E-state index contributed by atoms with van der Waals surface area (Å²) in [7, 11) is 1.63. The molecular formula is C16H13ClO2. The molecule has 0 aliphatic carbocycles. The third-order valence-corrected chi connectivity index (χ3v) is 2.96. The smallest absolute Gasteiger partial charge is 0.153 e. The maximum atomic E-state index is 6.08. The Morgan fingerprint density at radius 1 is 1.16 bits per heavy atom. The summed E-state index contributed by atoms with van der Waals surface area (Å²) in [6.07, 6.45) is 5.42. The number of para-hydroxylation sites is 1. The Balaban J connectivity index is 2.12. The zero-order valence-corrected chi connectivity index (χ0v) is 11.3. The second-order valence-corrected chi connectivity index (χ2v) is 4.30. The Kier molecular flexibility index (Phi) is 4.33. The van der Waals surface area contributed by atoms with E-state index in [0.29, 0.717) is 22.9 Å². The fraction of sp³-hybridized carbons (Fsp3) is 0.125. The lowest BCUT2D eigenvalue weighted by molar-refractivity contribution is 0.305. The molecule has 0 spiro atoms. The number of methoxy groups -OCH3 is 1. The predicted octanol–water partition coefficient (Wildman–Crippen LogP) is 3.91. The molecular weight excluding hydrogens is 260 g/mol. The highest BCUT2D eigenvalue weighted by Gasteiger charge is 2.06. The Morgan fingerprint density at radius 3 is 2.53 bits per heavy atom. The van der Waals surface area contributed by atoms with E-state index in [1.54, 1.807) is 25.3 Å². The van der Waals surface area contributed by atoms with Crippen molar-refractivity contribution in [3.63, 3.8) is 0 Å². The van der Waals surface area contributed by atoms with E-state index in [4.69, 9.17) is 27.5 Å². The summed E-state index contributed by atoms with van der Waals surface area (Å²) >= 11 is 6.08. The number of halogens is 1. The van der Waals surface area contributed by atoms with E-state index in [1.165, 1.54) is 0 Å². The van der Waals surface area contributed by atoms with Crippen molar-refractivity contribution in [1.82, 2.24) is 0 Å². The van der Waals surface area contributed by atoms with Gasteiger partial charge in [-0.05, 0) is 29.8 Å². The van der Waals surface area contributed by atoms with Crippen LogP contribution in [0.4, 0.5) is 0 Å². The number of ether oxygens (including phenoxy) is 2. The summed E-state index contributed by atoms with van der Waals surface area (Å²) in [5.41, 5.74) is 1.67. The molecule has 0 N–H and O–H groups in total. The highest BCUT2D eigenvalue weighted by molar-refractivity contribution is 6.32. The standard InChI is InChI=1S/C16H13ClO2/c1-3-13-5-4-6-15(17)16(13)19-11-12-7-9-14(18-2)10-8-12/h1,4-10H,11H2,2H3. The quantitative estimate of drug-likeness (QED) is 0.786. The lowest BCUT2D eigenvalue weighted by Crippen LogP contribution is -1.98. The van der Waals surface area contributed by atoms with Crippen LogP contribution in [-0.4, -0.2) is 7.11 Å². The molecule has 2 aromatic rings. The topological polar surface area (TPSA) is 18.5 Å². The maximum absolute atomic E-state index is 6.08. The summed E-state index contributed by atoms with van der Waals surface area (Å²) < 4.78 is 10.8. The van der Waals surface area contributed by atoms with Gasteiger partial charge in [-0.2, -0.15) is 0 Å². The molecule has 2 aromatic carbocycles. The average Bonchev–Trinajstić information content (AvgIpc) is 2.46. The Hall–Kier alpha value is -2.11. The van der Waals surface area contributed by atoms with E-state index < -0.39 is 0 Å². The van der Waals surface area contributed by atoms with Gasteiger partial charge in [-0.25, -0.2) is 0 Å². The zero-order valence-electron chi connectivity index (χ0n) is 10.5. The fourth-order valence-corrected chi connectivity index (χ4v) is 1.88. The lowest BCUT2D eigenvalue weighted by atomic mass is 10.2. The number of terminal acetylenes is 1. The van der Waals surface area contributed by atoms with E-state index >= 15 is 0 Å². The van der Waals surface area contributed by atoms with Crippen LogP contribution in [0.2, 0.25) is 5.02 Å². The van der Waals surface area contributed by atoms with E-state index in [2.05, 4.69) is 5.92 Å². The van der Waals surface area contributed by atoms with Gasteiger partial charge in [0.25, 0.3) is 0 Å². The zero-order chi connectivity index (χ0) is 13.7. The summed E-state index contributed by atoms with van der Waals surface area (Å²) in [5, 5.41) is 0.518. The predicted molar refractivity (Wildman–Crippen MR) is 76.7 cm³/mol. The molecule has 0 aliphatic heterocycles. The van der Waals surface area contributed by atoms with E-state index in [1.807, 2.05) is 24.3 Å². The summed E-state index contributed by atoms with van der Waals surface area (Å²) in [6, 6.07) is 13.0. The minimum absolute atomic E-state index is 0.405. The van der Waals surface area contributed by atoms with Crippen molar-refractivity contribution >= 4 is 11.6 Å². The van der Waals surface area contributed by atoms with Crippen molar-refractivity contribution in [2.75, 3.05) is 7.11 Å². The van der Waals surface area contributed by atoms with Crippen LogP contribution in [0.3, 0.4) is 0 Å². The molecule has 2 nitrogen and oxygen atoms in total. The second-order valence-electron chi connectivity index (χ2n) is 3.90. The second kappa shape index (κ2) is 6.17. The Morgan fingerprint density at radius 2 is 1.89 bits per heavy atom.